The van der Waals surface area contributed by atoms with Gasteiger partial charge in [-0.3, -0.25) is 19.2 Å². The first kappa shape index (κ1) is 23.7. The summed E-state index contributed by atoms with van der Waals surface area (Å²) in [4.78, 5) is 59.6. The summed E-state index contributed by atoms with van der Waals surface area (Å²) in [6.07, 6.45) is 0.132. The van der Waals surface area contributed by atoms with Gasteiger partial charge in [0.1, 0.15) is 18.1 Å². The molecule has 13 heteroatoms. The number of hydrogen-bond acceptors (Lipinski definition) is 8. The largest absolute Gasteiger partial charge is 0.481 e. The molecule has 1 aliphatic heterocycles. The summed E-state index contributed by atoms with van der Waals surface area (Å²) in [6, 6.07) is -5.07. The van der Waals surface area contributed by atoms with Crippen LogP contribution in [0, 0.1) is 0 Å². The third-order valence-electron chi connectivity index (χ3n) is 4.16. The van der Waals surface area contributed by atoms with Crippen LogP contribution >= 0.6 is 12.6 Å². The van der Waals surface area contributed by atoms with Crippen molar-refractivity contribution in [2.24, 2.45) is 5.73 Å². The molecular formula is C15H24N4O8S. The van der Waals surface area contributed by atoms with Gasteiger partial charge in [-0.1, -0.05) is 0 Å². The Morgan fingerprint density at radius 3 is 2.21 bits per heavy atom. The van der Waals surface area contributed by atoms with Gasteiger partial charge in [-0.2, -0.15) is 12.6 Å². The Balaban J connectivity index is 2.75. The predicted molar refractivity (Wildman–Crippen MR) is 97.4 cm³/mol. The lowest BCUT2D eigenvalue weighted by Crippen LogP contribution is -2.58. The molecule has 0 radical (unpaired) electrons. The highest BCUT2D eigenvalue weighted by Crippen LogP contribution is 2.18. The molecule has 4 unspecified atom stereocenters. The molecule has 1 fully saturated rings. The zero-order valence-electron chi connectivity index (χ0n) is 14.9. The van der Waals surface area contributed by atoms with Gasteiger partial charge in [-0.05, 0) is 12.8 Å². The lowest BCUT2D eigenvalue weighted by Gasteiger charge is -2.27. The molecule has 0 bridgehead atoms. The van der Waals surface area contributed by atoms with E-state index in [-0.39, 0.29) is 12.3 Å². The van der Waals surface area contributed by atoms with E-state index in [1.54, 1.807) is 0 Å². The number of carboxylic acid groups (broad SMARTS) is 2. The van der Waals surface area contributed by atoms with E-state index in [9.17, 15) is 34.2 Å². The van der Waals surface area contributed by atoms with Crippen LogP contribution in [0.4, 0.5) is 0 Å². The van der Waals surface area contributed by atoms with E-state index in [4.69, 9.17) is 10.8 Å². The van der Waals surface area contributed by atoms with Crippen molar-refractivity contribution in [3.05, 3.63) is 0 Å². The van der Waals surface area contributed by atoms with Crippen LogP contribution in [0.25, 0.3) is 0 Å². The molecule has 0 aliphatic carbocycles. The number of amides is 3. The first-order valence-corrected chi connectivity index (χ1v) is 9.08. The van der Waals surface area contributed by atoms with Gasteiger partial charge in [0.15, 0.2) is 0 Å². The highest BCUT2D eigenvalue weighted by Gasteiger charge is 2.38. The van der Waals surface area contributed by atoms with Crippen LogP contribution in [-0.4, -0.2) is 93.0 Å². The molecule has 12 nitrogen and oxygen atoms in total. The van der Waals surface area contributed by atoms with Gasteiger partial charge < -0.3 is 36.6 Å². The number of carbonyl (C=O) groups is 5. The van der Waals surface area contributed by atoms with Gasteiger partial charge in [-0.25, -0.2) is 4.79 Å². The first-order valence-electron chi connectivity index (χ1n) is 8.45. The van der Waals surface area contributed by atoms with E-state index in [1.165, 1.54) is 0 Å². The average molecular weight is 420 g/mol. The summed E-state index contributed by atoms with van der Waals surface area (Å²) in [6.45, 7) is -0.605. The number of likely N-dealkylation sites (tertiary alicyclic amines) is 1. The number of aliphatic hydroxyl groups excluding tert-OH is 1. The summed E-state index contributed by atoms with van der Waals surface area (Å²) >= 11 is 4.00. The van der Waals surface area contributed by atoms with Crippen LogP contribution in [0.15, 0.2) is 0 Å². The molecule has 0 spiro atoms. The minimum atomic E-state index is -1.48. The highest BCUT2D eigenvalue weighted by atomic mass is 32.1. The Bertz CT molecular complexity index is 631. The van der Waals surface area contributed by atoms with Crippen LogP contribution in [0.5, 0.6) is 0 Å². The maximum atomic E-state index is 12.6. The highest BCUT2D eigenvalue weighted by molar-refractivity contribution is 7.80. The first-order chi connectivity index (χ1) is 13.1. The van der Waals surface area contributed by atoms with Gasteiger partial charge >= 0.3 is 11.9 Å². The van der Waals surface area contributed by atoms with Crippen molar-refractivity contribution in [2.75, 3.05) is 18.9 Å². The fourth-order valence-corrected chi connectivity index (χ4v) is 2.95. The van der Waals surface area contributed by atoms with Crippen LogP contribution < -0.4 is 16.4 Å². The van der Waals surface area contributed by atoms with E-state index in [2.05, 4.69) is 23.3 Å². The molecule has 28 heavy (non-hydrogen) atoms. The number of hydrogen-bond donors (Lipinski definition) is 7. The van der Waals surface area contributed by atoms with Crippen molar-refractivity contribution in [1.29, 1.82) is 0 Å². The second-order valence-corrected chi connectivity index (χ2v) is 6.58. The minimum Gasteiger partial charge on any atom is -0.481 e. The fraction of sp³-hybridized carbons (Fsp3) is 0.667. The summed E-state index contributed by atoms with van der Waals surface area (Å²) in [7, 11) is 0. The van der Waals surface area contributed by atoms with Gasteiger partial charge in [0.25, 0.3) is 0 Å². The average Bonchev–Trinajstić information content (AvgIpc) is 3.12. The number of thiol groups is 1. The van der Waals surface area contributed by atoms with E-state index < -0.39 is 66.9 Å². The van der Waals surface area contributed by atoms with E-state index >= 15 is 0 Å². The Morgan fingerprint density at radius 1 is 1.11 bits per heavy atom. The van der Waals surface area contributed by atoms with Crippen LogP contribution in [0.1, 0.15) is 19.3 Å². The monoisotopic (exact) mass is 420 g/mol. The van der Waals surface area contributed by atoms with Crippen LogP contribution in [0.3, 0.4) is 0 Å². The van der Waals surface area contributed by atoms with Crippen molar-refractivity contribution in [2.45, 2.75) is 43.4 Å². The number of nitrogens with zero attached hydrogens (tertiary/aromatic N) is 1. The maximum Gasteiger partial charge on any atom is 0.326 e. The molecule has 158 valence electrons. The summed E-state index contributed by atoms with van der Waals surface area (Å²) in [5.74, 6) is -5.13. The Hall–Kier alpha value is -2.38. The van der Waals surface area contributed by atoms with E-state index in [0.29, 0.717) is 12.8 Å². The smallest absolute Gasteiger partial charge is 0.326 e. The maximum absolute atomic E-state index is 12.6. The topological polar surface area (TPSA) is 199 Å². The number of carbonyl (C=O) groups excluding carboxylic acids is 3. The summed E-state index contributed by atoms with van der Waals surface area (Å²) in [5, 5.41) is 31.5. The quantitative estimate of drug-likeness (QED) is 0.177. The van der Waals surface area contributed by atoms with Gasteiger partial charge in [0.2, 0.25) is 17.7 Å². The molecule has 3 amide bonds. The van der Waals surface area contributed by atoms with Crippen molar-refractivity contribution in [3.63, 3.8) is 0 Å². The molecule has 1 rings (SSSR count). The standard InChI is InChI=1S/C15H24N4O8S/c16-7(4-11(21)22)12(23)17-8(5-20)13(24)18-9(6-28)14(25)19-3-1-2-10(19)15(26)27/h7-10,20,28H,1-6,16H2,(H,17,23)(H,18,24)(H,21,22)(H,26,27). The van der Waals surface area contributed by atoms with Gasteiger partial charge in [-0.15, -0.1) is 0 Å². The second kappa shape index (κ2) is 10.8. The van der Waals surface area contributed by atoms with Crippen molar-refractivity contribution in [1.82, 2.24) is 15.5 Å². The lowest BCUT2D eigenvalue weighted by atomic mass is 10.1. The fourth-order valence-electron chi connectivity index (χ4n) is 2.70. The zero-order valence-corrected chi connectivity index (χ0v) is 15.8. The Kier molecular flexibility index (Phi) is 9.15. The van der Waals surface area contributed by atoms with E-state index in [0.717, 1.165) is 4.90 Å². The predicted octanol–water partition coefficient (Wildman–Crippen LogP) is -3.24. The number of aliphatic carboxylic acids is 2. The molecule has 1 heterocycles. The minimum absolute atomic E-state index is 0.141. The van der Waals surface area contributed by atoms with Crippen molar-refractivity contribution in [3.8, 4) is 0 Å². The van der Waals surface area contributed by atoms with Crippen LogP contribution in [-0.2, 0) is 24.0 Å². The molecular weight excluding hydrogens is 396 g/mol. The number of rotatable bonds is 10. The molecule has 0 aromatic carbocycles. The van der Waals surface area contributed by atoms with Gasteiger partial charge in [0, 0.05) is 12.3 Å². The number of nitrogens with one attached hydrogen (secondary N) is 2. The van der Waals surface area contributed by atoms with E-state index in [1.807, 2.05) is 0 Å². The molecule has 0 aromatic heterocycles. The van der Waals surface area contributed by atoms with Crippen LogP contribution in [0.2, 0.25) is 0 Å². The third kappa shape index (κ3) is 6.35. The molecule has 1 saturated heterocycles. The normalized spacial score (nSPS) is 19.4. The Morgan fingerprint density at radius 2 is 1.71 bits per heavy atom. The van der Waals surface area contributed by atoms with Gasteiger partial charge in [0.05, 0.1) is 19.1 Å². The second-order valence-electron chi connectivity index (χ2n) is 6.22. The molecule has 1 aliphatic rings. The molecule has 7 N–H and O–H groups in total. The number of aliphatic hydroxyl groups is 1. The summed E-state index contributed by atoms with van der Waals surface area (Å²) < 4.78 is 0. The lowest BCUT2D eigenvalue weighted by molar-refractivity contribution is -0.149. The molecule has 4 atom stereocenters. The zero-order chi connectivity index (χ0) is 21.4. The SMILES string of the molecule is NC(CC(=O)O)C(=O)NC(CO)C(=O)NC(CS)C(=O)N1CCCC1C(=O)O. The molecule has 0 saturated carbocycles. The van der Waals surface area contributed by atoms with Crippen molar-refractivity contribution < 1.29 is 39.3 Å². The summed E-state index contributed by atoms with van der Waals surface area (Å²) in [5.41, 5.74) is 5.39. The van der Waals surface area contributed by atoms with Crippen molar-refractivity contribution >= 4 is 42.3 Å². The Labute approximate surface area is 165 Å². The molecule has 0 aromatic rings. The number of carboxylic acids is 2. The number of nitrogens with two attached hydrogens (primary N) is 1. The third-order valence-corrected chi connectivity index (χ3v) is 4.53.